The highest BCUT2D eigenvalue weighted by Crippen LogP contribution is 2.29. The van der Waals surface area contributed by atoms with Crippen LogP contribution in [0.15, 0.2) is 6.20 Å². The first kappa shape index (κ1) is 13.0. The van der Waals surface area contributed by atoms with Crippen LogP contribution in [0.3, 0.4) is 0 Å². The third kappa shape index (κ3) is 3.75. The average molecular weight is 264 g/mol. The van der Waals surface area contributed by atoms with Crippen LogP contribution in [0.1, 0.15) is 18.5 Å². The van der Waals surface area contributed by atoms with Crippen molar-refractivity contribution in [3.05, 3.63) is 11.9 Å². The zero-order valence-corrected chi connectivity index (χ0v) is 11.5. The van der Waals surface area contributed by atoms with E-state index in [2.05, 4.69) is 20.1 Å². The summed E-state index contributed by atoms with van der Waals surface area (Å²) in [7, 11) is 0. The predicted molar refractivity (Wildman–Crippen MR) is 73.5 cm³/mol. The van der Waals surface area contributed by atoms with E-state index in [4.69, 9.17) is 5.73 Å². The van der Waals surface area contributed by atoms with Gasteiger partial charge in [-0.3, -0.25) is 9.58 Å². The Balaban J connectivity index is 1.37. The van der Waals surface area contributed by atoms with Crippen molar-refractivity contribution in [2.45, 2.75) is 25.9 Å². The van der Waals surface area contributed by atoms with Crippen molar-refractivity contribution in [2.75, 3.05) is 39.3 Å². The first-order chi connectivity index (χ1) is 9.33. The monoisotopic (exact) mass is 264 g/mol. The van der Waals surface area contributed by atoms with Gasteiger partial charge in [0.25, 0.3) is 0 Å². The Hall–Kier alpha value is -0.980. The van der Waals surface area contributed by atoms with Crippen LogP contribution in [-0.4, -0.2) is 64.1 Å². The molecule has 0 atom stereocenters. The van der Waals surface area contributed by atoms with Crippen LogP contribution in [0.5, 0.6) is 0 Å². The fourth-order valence-corrected chi connectivity index (χ4v) is 2.65. The van der Waals surface area contributed by atoms with Gasteiger partial charge in [-0.1, -0.05) is 5.21 Å². The number of rotatable bonds is 6. The average Bonchev–Trinajstić information content (AvgIpc) is 3.13. The maximum absolute atomic E-state index is 5.53. The van der Waals surface area contributed by atoms with E-state index in [1.807, 2.05) is 10.9 Å². The number of piperazine rings is 1. The number of nitrogens with two attached hydrogens (primary N) is 1. The Morgan fingerprint density at radius 3 is 2.47 bits per heavy atom. The standard InChI is InChI=1S/C13H24N6/c14-9-13-11-19(16-15-13)8-7-17-3-5-18(6-4-17)10-12-1-2-12/h11-12H,1-10,14H2. The van der Waals surface area contributed by atoms with Crippen molar-refractivity contribution in [1.29, 1.82) is 0 Å². The van der Waals surface area contributed by atoms with Crippen LogP contribution < -0.4 is 5.73 Å². The van der Waals surface area contributed by atoms with E-state index in [1.165, 1.54) is 45.6 Å². The van der Waals surface area contributed by atoms with E-state index in [9.17, 15) is 0 Å². The second kappa shape index (κ2) is 5.98. The van der Waals surface area contributed by atoms with Crippen LogP contribution in [0.25, 0.3) is 0 Å². The molecule has 1 aromatic heterocycles. The summed E-state index contributed by atoms with van der Waals surface area (Å²) in [4.78, 5) is 5.14. The minimum atomic E-state index is 0.472. The third-order valence-electron chi connectivity index (χ3n) is 4.12. The molecule has 1 aliphatic heterocycles. The van der Waals surface area contributed by atoms with Crippen molar-refractivity contribution in [3.8, 4) is 0 Å². The fraction of sp³-hybridized carbons (Fsp3) is 0.846. The fourth-order valence-electron chi connectivity index (χ4n) is 2.65. The SMILES string of the molecule is NCc1cn(CCN2CCN(CC3CC3)CC2)nn1. The molecule has 6 nitrogen and oxygen atoms in total. The third-order valence-corrected chi connectivity index (χ3v) is 4.12. The van der Waals surface area contributed by atoms with E-state index in [1.54, 1.807) is 0 Å². The van der Waals surface area contributed by atoms with Crippen molar-refractivity contribution < 1.29 is 0 Å². The highest BCUT2D eigenvalue weighted by Gasteiger charge is 2.26. The zero-order chi connectivity index (χ0) is 13.1. The molecule has 2 fully saturated rings. The lowest BCUT2D eigenvalue weighted by Gasteiger charge is -2.34. The van der Waals surface area contributed by atoms with Gasteiger partial charge in [-0.25, -0.2) is 0 Å². The molecule has 2 aliphatic rings. The van der Waals surface area contributed by atoms with E-state index in [0.717, 1.165) is 24.7 Å². The Labute approximate surface area is 114 Å². The van der Waals surface area contributed by atoms with Crippen LogP contribution >= 0.6 is 0 Å². The highest BCUT2D eigenvalue weighted by atomic mass is 15.4. The highest BCUT2D eigenvalue weighted by molar-refractivity contribution is 4.90. The van der Waals surface area contributed by atoms with Gasteiger partial charge in [0.05, 0.1) is 12.2 Å². The number of hydrogen-bond acceptors (Lipinski definition) is 5. The first-order valence-electron chi connectivity index (χ1n) is 7.37. The quantitative estimate of drug-likeness (QED) is 0.768. The maximum atomic E-state index is 5.53. The van der Waals surface area contributed by atoms with Gasteiger partial charge in [-0.2, -0.15) is 0 Å². The number of aromatic nitrogens is 3. The van der Waals surface area contributed by atoms with Crippen LogP contribution in [0.2, 0.25) is 0 Å². The van der Waals surface area contributed by atoms with Crippen LogP contribution in [0.4, 0.5) is 0 Å². The van der Waals surface area contributed by atoms with Gasteiger partial charge < -0.3 is 10.6 Å². The molecule has 0 aromatic carbocycles. The molecule has 3 rings (SSSR count). The van der Waals surface area contributed by atoms with Crippen molar-refractivity contribution in [1.82, 2.24) is 24.8 Å². The van der Waals surface area contributed by atoms with Crippen LogP contribution in [-0.2, 0) is 13.1 Å². The number of nitrogens with zero attached hydrogens (tertiary/aromatic N) is 5. The summed E-state index contributed by atoms with van der Waals surface area (Å²) in [6, 6.07) is 0. The molecule has 0 radical (unpaired) electrons. The summed E-state index contributed by atoms with van der Waals surface area (Å²) in [6.45, 7) is 8.59. The van der Waals surface area contributed by atoms with Gasteiger partial charge in [-0.15, -0.1) is 5.10 Å². The molecule has 2 N–H and O–H groups in total. The predicted octanol–water partition coefficient (Wildman–Crippen LogP) is -0.236. The molecule has 1 saturated heterocycles. The lowest BCUT2D eigenvalue weighted by Crippen LogP contribution is -2.47. The van der Waals surface area contributed by atoms with E-state index in [-0.39, 0.29) is 0 Å². The summed E-state index contributed by atoms with van der Waals surface area (Å²) in [6.07, 6.45) is 4.86. The Kier molecular flexibility index (Phi) is 4.10. The Morgan fingerprint density at radius 1 is 1.11 bits per heavy atom. The Morgan fingerprint density at radius 2 is 1.84 bits per heavy atom. The van der Waals surface area contributed by atoms with E-state index >= 15 is 0 Å². The minimum absolute atomic E-state index is 0.472. The summed E-state index contributed by atoms with van der Waals surface area (Å²) >= 11 is 0. The van der Waals surface area contributed by atoms with Gasteiger partial charge in [0.2, 0.25) is 0 Å². The molecule has 2 heterocycles. The maximum Gasteiger partial charge on any atom is 0.0962 e. The number of hydrogen-bond donors (Lipinski definition) is 1. The Bertz CT molecular complexity index is 392. The molecular formula is C13H24N6. The molecular weight excluding hydrogens is 240 g/mol. The van der Waals surface area contributed by atoms with Crippen molar-refractivity contribution >= 4 is 0 Å². The molecule has 6 heteroatoms. The summed E-state index contributed by atoms with van der Waals surface area (Å²) in [5.74, 6) is 1.01. The lowest BCUT2D eigenvalue weighted by molar-refractivity contribution is 0.124. The summed E-state index contributed by atoms with van der Waals surface area (Å²) in [5.41, 5.74) is 6.40. The first-order valence-corrected chi connectivity index (χ1v) is 7.37. The van der Waals surface area contributed by atoms with Gasteiger partial charge in [-0.05, 0) is 18.8 Å². The summed E-state index contributed by atoms with van der Waals surface area (Å²) < 4.78 is 1.90. The molecule has 1 aliphatic carbocycles. The molecule has 106 valence electrons. The topological polar surface area (TPSA) is 63.2 Å². The minimum Gasteiger partial charge on any atom is -0.325 e. The molecule has 1 aromatic rings. The second-order valence-electron chi connectivity index (χ2n) is 5.76. The smallest absolute Gasteiger partial charge is 0.0962 e. The van der Waals surface area contributed by atoms with Crippen molar-refractivity contribution in [3.63, 3.8) is 0 Å². The van der Waals surface area contributed by atoms with Crippen molar-refractivity contribution in [2.24, 2.45) is 11.7 Å². The lowest BCUT2D eigenvalue weighted by atomic mass is 10.3. The summed E-state index contributed by atoms with van der Waals surface area (Å²) in [5, 5.41) is 8.09. The van der Waals surface area contributed by atoms with Gasteiger partial charge in [0.1, 0.15) is 0 Å². The second-order valence-corrected chi connectivity index (χ2v) is 5.76. The molecule has 0 unspecified atom stereocenters. The molecule has 0 bridgehead atoms. The largest absolute Gasteiger partial charge is 0.325 e. The van der Waals surface area contributed by atoms with Gasteiger partial charge >= 0.3 is 0 Å². The zero-order valence-electron chi connectivity index (χ0n) is 11.5. The molecule has 1 saturated carbocycles. The molecule has 0 spiro atoms. The van der Waals surface area contributed by atoms with E-state index < -0.39 is 0 Å². The van der Waals surface area contributed by atoms with Gasteiger partial charge in [0, 0.05) is 52.0 Å². The normalized spacial score (nSPS) is 21.9. The molecule has 0 amide bonds. The van der Waals surface area contributed by atoms with E-state index in [0.29, 0.717) is 6.54 Å². The van der Waals surface area contributed by atoms with Gasteiger partial charge in [0.15, 0.2) is 0 Å². The molecule has 19 heavy (non-hydrogen) atoms. The van der Waals surface area contributed by atoms with Crippen LogP contribution in [0, 0.1) is 5.92 Å².